The van der Waals surface area contributed by atoms with Crippen LogP contribution in [0.5, 0.6) is 0 Å². The van der Waals surface area contributed by atoms with Crippen LogP contribution in [0.2, 0.25) is 0 Å². The summed E-state index contributed by atoms with van der Waals surface area (Å²) in [6.07, 6.45) is 1.68. The lowest BCUT2D eigenvalue weighted by molar-refractivity contribution is 1.06. The van der Waals surface area contributed by atoms with Crippen LogP contribution < -0.4 is 0 Å². The van der Waals surface area contributed by atoms with Gasteiger partial charge in [-0.25, -0.2) is 0 Å². The first-order chi connectivity index (χ1) is 9.78. The third kappa shape index (κ3) is 2.17. The Morgan fingerprint density at radius 3 is 2.65 bits per heavy atom. The highest BCUT2D eigenvalue weighted by Gasteiger charge is 2.09. The van der Waals surface area contributed by atoms with Crippen LogP contribution >= 0.6 is 0 Å². The van der Waals surface area contributed by atoms with E-state index in [0.717, 1.165) is 17.1 Å². The van der Waals surface area contributed by atoms with Crippen molar-refractivity contribution in [1.82, 2.24) is 14.8 Å². The number of benzene rings is 2. The van der Waals surface area contributed by atoms with Gasteiger partial charge in [-0.2, -0.15) is 5.26 Å². The summed E-state index contributed by atoms with van der Waals surface area (Å²) >= 11 is 0. The van der Waals surface area contributed by atoms with Crippen molar-refractivity contribution in [2.24, 2.45) is 0 Å². The van der Waals surface area contributed by atoms with Gasteiger partial charge in [-0.1, -0.05) is 29.8 Å². The Bertz CT molecular complexity index is 779. The van der Waals surface area contributed by atoms with Gasteiger partial charge in [-0.15, -0.1) is 10.2 Å². The van der Waals surface area contributed by atoms with E-state index in [1.807, 2.05) is 54.0 Å². The van der Waals surface area contributed by atoms with Gasteiger partial charge in [0.05, 0.1) is 11.6 Å². The molecule has 1 heterocycles. The van der Waals surface area contributed by atoms with Gasteiger partial charge in [-0.3, -0.25) is 4.57 Å². The minimum atomic E-state index is 0.612. The van der Waals surface area contributed by atoms with Gasteiger partial charge in [-0.05, 0) is 31.2 Å². The summed E-state index contributed by atoms with van der Waals surface area (Å²) in [5, 5.41) is 17.1. The summed E-state index contributed by atoms with van der Waals surface area (Å²) < 4.78 is 1.91. The molecule has 0 spiro atoms. The van der Waals surface area contributed by atoms with Crippen LogP contribution in [0.4, 0.5) is 0 Å². The lowest BCUT2D eigenvalue weighted by Crippen LogP contribution is -1.96. The maximum Gasteiger partial charge on any atom is 0.168 e. The number of hydrogen-bond donors (Lipinski definition) is 0. The Hall–Kier alpha value is -2.93. The Balaban J connectivity index is 2.10. The van der Waals surface area contributed by atoms with Crippen LogP contribution in [-0.4, -0.2) is 14.8 Å². The fourth-order valence-corrected chi connectivity index (χ4v) is 2.05. The molecule has 0 bridgehead atoms. The van der Waals surface area contributed by atoms with Crippen molar-refractivity contribution < 1.29 is 0 Å². The standard InChI is InChI=1S/C16H12N4/c1-12-5-7-15(8-6-12)20-11-18-19-16(20)14-4-2-3-13(9-14)10-17/h2-9,11H,1H3. The van der Waals surface area contributed by atoms with E-state index in [1.165, 1.54) is 5.56 Å². The van der Waals surface area contributed by atoms with E-state index >= 15 is 0 Å². The van der Waals surface area contributed by atoms with Crippen LogP contribution in [-0.2, 0) is 0 Å². The zero-order chi connectivity index (χ0) is 13.9. The fraction of sp³-hybridized carbons (Fsp3) is 0.0625. The number of rotatable bonds is 2. The minimum absolute atomic E-state index is 0.612. The Morgan fingerprint density at radius 2 is 1.90 bits per heavy atom. The molecular formula is C16H12N4. The summed E-state index contributed by atoms with van der Waals surface area (Å²) in [6.45, 7) is 2.05. The molecule has 1 aromatic heterocycles. The predicted molar refractivity (Wildman–Crippen MR) is 76.2 cm³/mol. The molecule has 20 heavy (non-hydrogen) atoms. The van der Waals surface area contributed by atoms with Gasteiger partial charge in [0, 0.05) is 11.3 Å². The first-order valence-corrected chi connectivity index (χ1v) is 6.25. The van der Waals surface area contributed by atoms with Gasteiger partial charge in [0.25, 0.3) is 0 Å². The van der Waals surface area contributed by atoms with E-state index in [2.05, 4.69) is 16.3 Å². The largest absolute Gasteiger partial charge is 0.282 e. The van der Waals surface area contributed by atoms with E-state index < -0.39 is 0 Å². The van der Waals surface area contributed by atoms with Crippen molar-refractivity contribution in [3.63, 3.8) is 0 Å². The molecule has 96 valence electrons. The zero-order valence-electron chi connectivity index (χ0n) is 11.0. The molecule has 4 heteroatoms. The Morgan fingerprint density at radius 1 is 1.10 bits per heavy atom. The molecule has 2 aromatic carbocycles. The third-order valence-electron chi connectivity index (χ3n) is 3.11. The molecule has 0 aliphatic carbocycles. The topological polar surface area (TPSA) is 54.5 Å². The van der Waals surface area contributed by atoms with Gasteiger partial charge in [0.2, 0.25) is 0 Å². The molecule has 0 atom stereocenters. The molecule has 0 N–H and O–H groups in total. The summed E-state index contributed by atoms with van der Waals surface area (Å²) in [4.78, 5) is 0. The summed E-state index contributed by atoms with van der Waals surface area (Å²) in [5.74, 6) is 0.728. The van der Waals surface area contributed by atoms with Crippen LogP contribution in [0, 0.1) is 18.3 Å². The number of aryl methyl sites for hydroxylation is 1. The predicted octanol–water partition coefficient (Wildman–Crippen LogP) is 3.11. The van der Waals surface area contributed by atoms with Crippen LogP contribution in [0.1, 0.15) is 11.1 Å². The smallest absolute Gasteiger partial charge is 0.168 e. The van der Waals surface area contributed by atoms with E-state index in [-0.39, 0.29) is 0 Å². The van der Waals surface area contributed by atoms with Crippen molar-refractivity contribution in [2.75, 3.05) is 0 Å². The molecule has 0 aliphatic rings. The van der Waals surface area contributed by atoms with Gasteiger partial charge in [0.15, 0.2) is 5.82 Å². The normalized spacial score (nSPS) is 10.2. The summed E-state index contributed by atoms with van der Waals surface area (Å²) in [6, 6.07) is 17.6. The number of nitriles is 1. The first-order valence-electron chi connectivity index (χ1n) is 6.25. The maximum atomic E-state index is 8.98. The molecule has 0 unspecified atom stereocenters. The van der Waals surface area contributed by atoms with E-state index in [0.29, 0.717) is 5.56 Å². The van der Waals surface area contributed by atoms with Gasteiger partial charge in [0.1, 0.15) is 6.33 Å². The van der Waals surface area contributed by atoms with E-state index in [4.69, 9.17) is 5.26 Å². The highest BCUT2D eigenvalue weighted by molar-refractivity contribution is 5.60. The Labute approximate surface area is 116 Å². The molecule has 4 nitrogen and oxygen atoms in total. The second-order valence-electron chi connectivity index (χ2n) is 4.55. The number of aromatic nitrogens is 3. The van der Waals surface area contributed by atoms with Crippen LogP contribution in [0.25, 0.3) is 17.1 Å². The van der Waals surface area contributed by atoms with E-state index in [1.54, 1.807) is 12.4 Å². The van der Waals surface area contributed by atoms with Crippen molar-refractivity contribution in [1.29, 1.82) is 5.26 Å². The molecule has 3 rings (SSSR count). The summed E-state index contributed by atoms with van der Waals surface area (Å²) in [7, 11) is 0. The van der Waals surface area contributed by atoms with Crippen molar-refractivity contribution in [3.05, 3.63) is 66.0 Å². The average Bonchev–Trinajstić information content (AvgIpc) is 2.97. The molecule has 0 radical (unpaired) electrons. The van der Waals surface area contributed by atoms with Gasteiger partial charge < -0.3 is 0 Å². The monoisotopic (exact) mass is 260 g/mol. The molecule has 0 aliphatic heterocycles. The zero-order valence-corrected chi connectivity index (χ0v) is 11.0. The number of nitrogens with zero attached hydrogens (tertiary/aromatic N) is 4. The molecule has 0 saturated heterocycles. The quantitative estimate of drug-likeness (QED) is 0.711. The molecule has 3 aromatic rings. The van der Waals surface area contributed by atoms with E-state index in [9.17, 15) is 0 Å². The van der Waals surface area contributed by atoms with Crippen LogP contribution in [0.3, 0.4) is 0 Å². The molecule has 0 amide bonds. The van der Waals surface area contributed by atoms with Crippen molar-refractivity contribution in [3.8, 4) is 23.1 Å². The highest BCUT2D eigenvalue weighted by Crippen LogP contribution is 2.21. The number of hydrogen-bond acceptors (Lipinski definition) is 3. The highest BCUT2D eigenvalue weighted by atomic mass is 15.3. The maximum absolute atomic E-state index is 8.98. The van der Waals surface area contributed by atoms with Crippen molar-refractivity contribution in [2.45, 2.75) is 6.92 Å². The lowest BCUT2D eigenvalue weighted by Gasteiger charge is -2.07. The first kappa shape index (κ1) is 12.1. The lowest BCUT2D eigenvalue weighted by atomic mass is 10.1. The summed E-state index contributed by atoms with van der Waals surface area (Å²) in [5.41, 5.74) is 3.69. The minimum Gasteiger partial charge on any atom is -0.282 e. The Kier molecular flexibility index (Phi) is 3.02. The third-order valence-corrected chi connectivity index (χ3v) is 3.11. The van der Waals surface area contributed by atoms with Crippen molar-refractivity contribution >= 4 is 0 Å². The van der Waals surface area contributed by atoms with Crippen LogP contribution in [0.15, 0.2) is 54.9 Å². The molecule has 0 saturated carbocycles. The second kappa shape index (κ2) is 4.98. The molecular weight excluding hydrogens is 248 g/mol. The fourth-order valence-electron chi connectivity index (χ4n) is 2.05. The van der Waals surface area contributed by atoms with Gasteiger partial charge >= 0.3 is 0 Å². The average molecular weight is 260 g/mol. The SMILES string of the molecule is Cc1ccc(-n2cnnc2-c2cccc(C#N)c2)cc1. The molecule has 0 fully saturated rings. The second-order valence-corrected chi connectivity index (χ2v) is 4.55.